The molecule has 3 N–H and O–H groups in total. The number of aliphatic carboxylic acids is 1. The standard InChI is InChI=1S/C18H23N3O5/c1-3-11(2)15(17(24)25)20-14(22)9-6-10-21-16(23)12-7-4-5-8-13(12)19-18(21)26/h4-5,7-8,11,15H,3,6,9-10H2,1-2H3,(H,19,26)(H,20,22)(H,24,25). The van der Waals surface area contributed by atoms with E-state index in [2.05, 4.69) is 10.3 Å². The molecule has 0 aliphatic carbocycles. The molecule has 0 radical (unpaired) electrons. The van der Waals surface area contributed by atoms with Crippen molar-refractivity contribution in [1.29, 1.82) is 0 Å². The average Bonchev–Trinajstić information content (AvgIpc) is 2.61. The number of fused-ring (bicyclic) bond motifs is 1. The van der Waals surface area contributed by atoms with Crippen LogP contribution in [0.4, 0.5) is 0 Å². The summed E-state index contributed by atoms with van der Waals surface area (Å²) in [5.41, 5.74) is -0.473. The Labute approximate surface area is 149 Å². The lowest BCUT2D eigenvalue weighted by Crippen LogP contribution is -2.45. The summed E-state index contributed by atoms with van der Waals surface area (Å²) in [6.07, 6.45) is 0.901. The maximum absolute atomic E-state index is 12.4. The normalized spacial score (nSPS) is 13.3. The fourth-order valence-electron chi connectivity index (χ4n) is 2.73. The molecule has 0 spiro atoms. The van der Waals surface area contributed by atoms with Gasteiger partial charge in [-0.05, 0) is 24.5 Å². The number of H-pyrrole nitrogens is 1. The number of carboxylic acid groups (broad SMARTS) is 1. The Morgan fingerprint density at radius 1 is 1.27 bits per heavy atom. The van der Waals surface area contributed by atoms with Crippen molar-refractivity contribution in [3.8, 4) is 0 Å². The maximum Gasteiger partial charge on any atom is 0.328 e. The van der Waals surface area contributed by atoms with Crippen molar-refractivity contribution in [1.82, 2.24) is 14.9 Å². The molecule has 0 aliphatic rings. The zero-order chi connectivity index (χ0) is 19.3. The van der Waals surface area contributed by atoms with E-state index >= 15 is 0 Å². The lowest BCUT2D eigenvalue weighted by atomic mass is 9.99. The highest BCUT2D eigenvalue weighted by molar-refractivity contribution is 5.83. The highest BCUT2D eigenvalue weighted by Crippen LogP contribution is 2.08. The van der Waals surface area contributed by atoms with Gasteiger partial charge in [0.25, 0.3) is 5.56 Å². The molecule has 2 rings (SSSR count). The van der Waals surface area contributed by atoms with Gasteiger partial charge in [-0.2, -0.15) is 0 Å². The molecule has 8 nitrogen and oxygen atoms in total. The van der Waals surface area contributed by atoms with E-state index < -0.39 is 29.2 Å². The van der Waals surface area contributed by atoms with Crippen LogP contribution in [-0.4, -0.2) is 32.6 Å². The van der Waals surface area contributed by atoms with Crippen molar-refractivity contribution >= 4 is 22.8 Å². The minimum Gasteiger partial charge on any atom is -0.480 e. The molecule has 0 fully saturated rings. The van der Waals surface area contributed by atoms with E-state index in [0.29, 0.717) is 17.3 Å². The van der Waals surface area contributed by atoms with Crippen LogP contribution in [0, 0.1) is 5.92 Å². The first-order valence-corrected chi connectivity index (χ1v) is 8.59. The SMILES string of the molecule is CCC(C)C(NC(=O)CCCn1c(=O)[nH]c2ccccc2c1=O)C(=O)O. The van der Waals surface area contributed by atoms with E-state index in [1.165, 1.54) is 0 Å². The van der Waals surface area contributed by atoms with Crippen LogP contribution in [0.25, 0.3) is 10.9 Å². The van der Waals surface area contributed by atoms with Gasteiger partial charge in [0.1, 0.15) is 6.04 Å². The number of rotatable bonds is 8. The molecule has 1 aromatic carbocycles. The van der Waals surface area contributed by atoms with Gasteiger partial charge in [-0.1, -0.05) is 32.4 Å². The predicted molar refractivity (Wildman–Crippen MR) is 97.1 cm³/mol. The van der Waals surface area contributed by atoms with Gasteiger partial charge in [0.2, 0.25) is 5.91 Å². The molecule has 1 aromatic heterocycles. The number of benzene rings is 1. The number of hydrogen-bond acceptors (Lipinski definition) is 4. The van der Waals surface area contributed by atoms with Crippen LogP contribution in [0.2, 0.25) is 0 Å². The highest BCUT2D eigenvalue weighted by atomic mass is 16.4. The molecule has 26 heavy (non-hydrogen) atoms. The van der Waals surface area contributed by atoms with Crippen LogP contribution in [0.1, 0.15) is 33.1 Å². The second-order valence-electron chi connectivity index (χ2n) is 6.31. The molecular formula is C18H23N3O5. The summed E-state index contributed by atoms with van der Waals surface area (Å²) in [6, 6.07) is 5.76. The van der Waals surface area contributed by atoms with Crippen molar-refractivity contribution in [2.24, 2.45) is 5.92 Å². The summed E-state index contributed by atoms with van der Waals surface area (Å²) >= 11 is 0. The number of para-hydroxylation sites is 1. The summed E-state index contributed by atoms with van der Waals surface area (Å²) < 4.78 is 1.05. The topological polar surface area (TPSA) is 121 Å². The molecule has 0 saturated heterocycles. The van der Waals surface area contributed by atoms with Gasteiger partial charge in [-0.15, -0.1) is 0 Å². The van der Waals surface area contributed by atoms with Gasteiger partial charge >= 0.3 is 11.7 Å². The van der Waals surface area contributed by atoms with Crippen LogP contribution in [0.3, 0.4) is 0 Å². The van der Waals surface area contributed by atoms with Crippen molar-refractivity contribution in [3.05, 3.63) is 45.1 Å². The van der Waals surface area contributed by atoms with Crippen LogP contribution < -0.4 is 16.6 Å². The van der Waals surface area contributed by atoms with Crippen LogP contribution >= 0.6 is 0 Å². The molecule has 0 aliphatic heterocycles. The Kier molecular flexibility index (Phi) is 6.32. The quantitative estimate of drug-likeness (QED) is 0.650. The predicted octanol–water partition coefficient (Wildman–Crippen LogP) is 1.09. The molecule has 140 valence electrons. The van der Waals surface area contributed by atoms with Crippen molar-refractivity contribution in [2.75, 3.05) is 0 Å². The summed E-state index contributed by atoms with van der Waals surface area (Å²) in [5.74, 6) is -1.68. The first-order valence-electron chi connectivity index (χ1n) is 8.59. The monoisotopic (exact) mass is 361 g/mol. The smallest absolute Gasteiger partial charge is 0.328 e. The largest absolute Gasteiger partial charge is 0.480 e. The molecule has 8 heteroatoms. The number of hydrogen-bond donors (Lipinski definition) is 3. The number of nitrogens with zero attached hydrogens (tertiary/aromatic N) is 1. The third-order valence-corrected chi connectivity index (χ3v) is 4.47. The van der Waals surface area contributed by atoms with Crippen molar-refractivity contribution in [3.63, 3.8) is 0 Å². The van der Waals surface area contributed by atoms with Gasteiger partial charge in [-0.3, -0.25) is 14.2 Å². The molecule has 1 amide bonds. The molecule has 0 bridgehead atoms. The van der Waals surface area contributed by atoms with Gasteiger partial charge in [-0.25, -0.2) is 9.59 Å². The van der Waals surface area contributed by atoms with Crippen molar-refractivity contribution in [2.45, 2.75) is 45.7 Å². The van der Waals surface area contributed by atoms with E-state index in [1.807, 2.05) is 6.92 Å². The first-order chi connectivity index (χ1) is 12.3. The van der Waals surface area contributed by atoms with Gasteiger partial charge < -0.3 is 15.4 Å². The number of carboxylic acids is 1. The second-order valence-corrected chi connectivity index (χ2v) is 6.31. The minimum absolute atomic E-state index is 0.0267. The Balaban J connectivity index is 2.03. The molecule has 2 aromatic rings. The average molecular weight is 361 g/mol. The Morgan fingerprint density at radius 2 is 1.96 bits per heavy atom. The number of amides is 1. The minimum atomic E-state index is -1.07. The fourth-order valence-corrected chi connectivity index (χ4v) is 2.73. The molecule has 2 atom stereocenters. The molecular weight excluding hydrogens is 338 g/mol. The van der Waals surface area contributed by atoms with Gasteiger partial charge in [0.15, 0.2) is 0 Å². The Hall–Kier alpha value is -2.90. The van der Waals surface area contributed by atoms with E-state index in [0.717, 1.165) is 4.57 Å². The number of aromatic amines is 1. The van der Waals surface area contributed by atoms with E-state index in [1.54, 1.807) is 31.2 Å². The first kappa shape index (κ1) is 19.4. The summed E-state index contributed by atoms with van der Waals surface area (Å²) in [5, 5.41) is 12.1. The lowest BCUT2D eigenvalue weighted by Gasteiger charge is -2.20. The van der Waals surface area contributed by atoms with Crippen molar-refractivity contribution < 1.29 is 14.7 Å². The Morgan fingerprint density at radius 3 is 2.62 bits per heavy atom. The molecule has 1 heterocycles. The van der Waals surface area contributed by atoms with E-state index in [4.69, 9.17) is 0 Å². The summed E-state index contributed by atoms with van der Waals surface area (Å²) in [4.78, 5) is 50.3. The van der Waals surface area contributed by atoms with Gasteiger partial charge in [0, 0.05) is 13.0 Å². The van der Waals surface area contributed by atoms with Crippen LogP contribution in [0.5, 0.6) is 0 Å². The van der Waals surface area contributed by atoms with E-state index in [9.17, 15) is 24.3 Å². The van der Waals surface area contributed by atoms with Crippen LogP contribution in [0.15, 0.2) is 33.9 Å². The second kappa shape index (κ2) is 8.46. The zero-order valence-corrected chi connectivity index (χ0v) is 14.8. The summed E-state index contributed by atoms with van der Waals surface area (Å²) in [6.45, 7) is 3.69. The van der Waals surface area contributed by atoms with E-state index in [-0.39, 0.29) is 25.3 Å². The number of nitrogens with one attached hydrogen (secondary N) is 2. The number of carbonyl (C=O) groups is 2. The van der Waals surface area contributed by atoms with Gasteiger partial charge in [0.05, 0.1) is 10.9 Å². The highest BCUT2D eigenvalue weighted by Gasteiger charge is 2.24. The zero-order valence-electron chi connectivity index (χ0n) is 14.8. The molecule has 2 unspecified atom stereocenters. The Bertz CT molecular complexity index is 915. The maximum atomic E-state index is 12.4. The third kappa shape index (κ3) is 4.38. The summed E-state index contributed by atoms with van der Waals surface area (Å²) in [7, 11) is 0. The fraction of sp³-hybridized carbons (Fsp3) is 0.444. The van der Waals surface area contributed by atoms with Crippen LogP contribution in [-0.2, 0) is 16.1 Å². The lowest BCUT2D eigenvalue weighted by molar-refractivity contribution is -0.143. The number of aromatic nitrogens is 2. The third-order valence-electron chi connectivity index (χ3n) is 4.47. The number of carbonyl (C=O) groups excluding carboxylic acids is 1. The molecule has 0 saturated carbocycles.